The lowest BCUT2D eigenvalue weighted by molar-refractivity contribution is 0.584. The maximum Gasteiger partial charge on any atom is 0.266 e. The second-order valence-electron chi connectivity index (χ2n) is 5.17. The quantitative estimate of drug-likeness (QED) is 0.864. The SMILES string of the molecule is CC1Cc2cc(N)ccc2N1S(=O)(=O)c1ccccc1Cl. The van der Waals surface area contributed by atoms with Crippen molar-refractivity contribution in [3.8, 4) is 0 Å². The Bertz CT molecular complexity index is 805. The van der Waals surface area contributed by atoms with Crippen molar-refractivity contribution in [2.45, 2.75) is 24.3 Å². The molecule has 110 valence electrons. The third-order valence-electron chi connectivity index (χ3n) is 3.63. The number of hydrogen-bond acceptors (Lipinski definition) is 3. The Morgan fingerprint density at radius 3 is 2.67 bits per heavy atom. The number of nitrogen functional groups attached to an aromatic ring is 1. The van der Waals surface area contributed by atoms with E-state index in [1.165, 1.54) is 10.4 Å². The minimum Gasteiger partial charge on any atom is -0.399 e. The molecule has 0 bridgehead atoms. The molecular formula is C15H15ClN2O2S. The largest absolute Gasteiger partial charge is 0.399 e. The van der Waals surface area contributed by atoms with Crippen molar-refractivity contribution >= 4 is 33.0 Å². The molecule has 0 spiro atoms. The Hall–Kier alpha value is -1.72. The van der Waals surface area contributed by atoms with E-state index in [-0.39, 0.29) is 16.0 Å². The van der Waals surface area contributed by atoms with Crippen molar-refractivity contribution in [2.24, 2.45) is 0 Å². The van der Waals surface area contributed by atoms with E-state index in [0.717, 1.165) is 5.56 Å². The van der Waals surface area contributed by atoms with Crippen molar-refractivity contribution in [2.75, 3.05) is 10.0 Å². The molecule has 0 radical (unpaired) electrons. The summed E-state index contributed by atoms with van der Waals surface area (Å²) in [5.74, 6) is 0. The molecule has 1 aliphatic rings. The zero-order valence-corrected chi connectivity index (χ0v) is 13.0. The van der Waals surface area contributed by atoms with Gasteiger partial charge < -0.3 is 5.73 Å². The van der Waals surface area contributed by atoms with Gasteiger partial charge in [0.15, 0.2) is 0 Å². The fourth-order valence-corrected chi connectivity index (χ4v) is 4.94. The van der Waals surface area contributed by atoms with Gasteiger partial charge in [0.2, 0.25) is 0 Å². The summed E-state index contributed by atoms with van der Waals surface area (Å²) in [4.78, 5) is 0.128. The molecule has 21 heavy (non-hydrogen) atoms. The summed E-state index contributed by atoms with van der Waals surface area (Å²) in [6.07, 6.45) is 0.643. The molecule has 2 N–H and O–H groups in total. The molecule has 0 saturated heterocycles. The number of nitrogens with two attached hydrogens (primary N) is 1. The van der Waals surface area contributed by atoms with E-state index >= 15 is 0 Å². The summed E-state index contributed by atoms with van der Waals surface area (Å²) in [6, 6.07) is 11.6. The molecule has 1 unspecified atom stereocenters. The Kier molecular flexibility index (Phi) is 3.34. The van der Waals surface area contributed by atoms with Gasteiger partial charge in [0, 0.05) is 11.7 Å². The van der Waals surface area contributed by atoms with Gasteiger partial charge in [0.05, 0.1) is 10.7 Å². The predicted octanol–water partition coefficient (Wildman–Crippen LogP) is 3.06. The molecule has 0 saturated carbocycles. The highest BCUT2D eigenvalue weighted by Crippen LogP contribution is 2.38. The zero-order valence-electron chi connectivity index (χ0n) is 11.5. The van der Waals surface area contributed by atoms with Gasteiger partial charge in [-0.2, -0.15) is 0 Å². The second kappa shape index (κ2) is 4.93. The summed E-state index contributed by atoms with van der Waals surface area (Å²) in [5, 5.41) is 0.230. The fourth-order valence-electron chi connectivity index (χ4n) is 2.75. The van der Waals surface area contributed by atoms with E-state index in [1.54, 1.807) is 30.3 Å². The molecule has 0 aliphatic carbocycles. The average Bonchev–Trinajstić information content (AvgIpc) is 2.74. The van der Waals surface area contributed by atoms with E-state index < -0.39 is 10.0 Å². The third-order valence-corrected chi connectivity index (χ3v) is 6.06. The lowest BCUT2D eigenvalue weighted by Crippen LogP contribution is -2.35. The normalized spacial score (nSPS) is 17.8. The molecule has 4 nitrogen and oxygen atoms in total. The molecule has 6 heteroatoms. The highest BCUT2D eigenvalue weighted by Gasteiger charge is 2.36. The molecule has 2 aromatic carbocycles. The van der Waals surface area contributed by atoms with Gasteiger partial charge in [0.1, 0.15) is 4.90 Å². The highest BCUT2D eigenvalue weighted by molar-refractivity contribution is 7.93. The van der Waals surface area contributed by atoms with Crippen LogP contribution < -0.4 is 10.0 Å². The Labute approximate surface area is 129 Å². The van der Waals surface area contributed by atoms with E-state index in [1.807, 2.05) is 13.0 Å². The number of benzene rings is 2. The monoisotopic (exact) mass is 322 g/mol. The van der Waals surface area contributed by atoms with Crippen molar-refractivity contribution < 1.29 is 8.42 Å². The fraction of sp³-hybridized carbons (Fsp3) is 0.200. The van der Waals surface area contributed by atoms with Crippen LogP contribution in [0.3, 0.4) is 0 Å². The van der Waals surface area contributed by atoms with Crippen LogP contribution in [0, 0.1) is 0 Å². The molecular weight excluding hydrogens is 308 g/mol. The molecule has 1 aliphatic heterocycles. The molecule has 1 atom stereocenters. The van der Waals surface area contributed by atoms with Crippen molar-refractivity contribution in [3.05, 3.63) is 53.1 Å². The Morgan fingerprint density at radius 1 is 1.24 bits per heavy atom. The van der Waals surface area contributed by atoms with Gasteiger partial charge in [-0.3, -0.25) is 4.31 Å². The van der Waals surface area contributed by atoms with E-state index in [2.05, 4.69) is 0 Å². The lowest BCUT2D eigenvalue weighted by atomic mass is 10.1. The molecule has 3 rings (SSSR count). The van der Waals surface area contributed by atoms with E-state index in [0.29, 0.717) is 17.8 Å². The zero-order chi connectivity index (χ0) is 15.2. The molecule has 0 fully saturated rings. The molecule has 0 amide bonds. The van der Waals surface area contributed by atoms with Crippen LogP contribution in [0.5, 0.6) is 0 Å². The van der Waals surface area contributed by atoms with Gasteiger partial charge in [-0.15, -0.1) is 0 Å². The Balaban J connectivity index is 2.15. The molecule has 2 aromatic rings. The first-order valence-electron chi connectivity index (χ1n) is 6.58. The number of nitrogens with zero attached hydrogens (tertiary/aromatic N) is 1. The maximum absolute atomic E-state index is 12.9. The van der Waals surface area contributed by atoms with Crippen LogP contribution in [-0.2, 0) is 16.4 Å². The first-order valence-corrected chi connectivity index (χ1v) is 8.40. The summed E-state index contributed by atoms with van der Waals surface area (Å²) in [5.41, 5.74) is 8.03. The van der Waals surface area contributed by atoms with Crippen LogP contribution >= 0.6 is 11.6 Å². The number of anilines is 2. The number of rotatable bonds is 2. The lowest BCUT2D eigenvalue weighted by Gasteiger charge is -2.25. The number of fused-ring (bicyclic) bond motifs is 1. The summed E-state index contributed by atoms with van der Waals surface area (Å²) in [7, 11) is -3.68. The summed E-state index contributed by atoms with van der Waals surface area (Å²) in [6.45, 7) is 1.88. The maximum atomic E-state index is 12.9. The van der Waals surface area contributed by atoms with E-state index in [4.69, 9.17) is 17.3 Å². The summed E-state index contributed by atoms with van der Waals surface area (Å²) < 4.78 is 27.3. The van der Waals surface area contributed by atoms with Gasteiger partial charge in [-0.1, -0.05) is 23.7 Å². The van der Waals surface area contributed by atoms with Crippen LogP contribution in [0.1, 0.15) is 12.5 Å². The molecule has 1 heterocycles. The minimum absolute atomic E-state index is 0.128. The van der Waals surface area contributed by atoms with Gasteiger partial charge in [-0.05, 0) is 49.2 Å². The molecule has 0 aromatic heterocycles. The second-order valence-corrected chi connectivity index (χ2v) is 7.36. The average molecular weight is 323 g/mol. The minimum atomic E-state index is -3.68. The topological polar surface area (TPSA) is 63.4 Å². The van der Waals surface area contributed by atoms with Gasteiger partial charge >= 0.3 is 0 Å². The van der Waals surface area contributed by atoms with Gasteiger partial charge in [0.25, 0.3) is 10.0 Å². The van der Waals surface area contributed by atoms with Gasteiger partial charge in [-0.25, -0.2) is 8.42 Å². The number of hydrogen-bond donors (Lipinski definition) is 1. The van der Waals surface area contributed by atoms with Crippen LogP contribution in [0.4, 0.5) is 11.4 Å². The van der Waals surface area contributed by atoms with Crippen molar-refractivity contribution in [3.63, 3.8) is 0 Å². The number of sulfonamides is 1. The van der Waals surface area contributed by atoms with Crippen LogP contribution in [-0.4, -0.2) is 14.5 Å². The van der Waals surface area contributed by atoms with Crippen LogP contribution in [0.15, 0.2) is 47.4 Å². The van der Waals surface area contributed by atoms with Crippen molar-refractivity contribution in [1.82, 2.24) is 0 Å². The van der Waals surface area contributed by atoms with Crippen LogP contribution in [0.2, 0.25) is 5.02 Å². The first-order chi connectivity index (χ1) is 9.91. The van der Waals surface area contributed by atoms with Crippen molar-refractivity contribution in [1.29, 1.82) is 0 Å². The van der Waals surface area contributed by atoms with Crippen LogP contribution in [0.25, 0.3) is 0 Å². The van der Waals surface area contributed by atoms with E-state index in [9.17, 15) is 8.42 Å². The summed E-state index contributed by atoms with van der Waals surface area (Å²) >= 11 is 6.06. The Morgan fingerprint density at radius 2 is 1.95 bits per heavy atom. The third kappa shape index (κ3) is 2.26. The smallest absolute Gasteiger partial charge is 0.266 e. The standard InChI is InChI=1S/C15H15ClN2O2S/c1-10-8-11-9-12(17)6-7-14(11)18(10)21(19,20)15-5-3-2-4-13(15)16/h2-7,9-10H,8,17H2,1H3. The first kappa shape index (κ1) is 14.2. The number of halogens is 1. The predicted molar refractivity (Wildman–Crippen MR) is 85.1 cm³/mol. The highest BCUT2D eigenvalue weighted by atomic mass is 35.5.